The average molecular weight is 795 g/mol. The fourth-order valence-corrected chi connectivity index (χ4v) is 10.3. The Morgan fingerprint density at radius 2 is 0.855 bits per heavy atom. The Kier molecular flexibility index (Phi) is 7.46. The van der Waals surface area contributed by atoms with E-state index in [1.807, 2.05) is 37.2 Å². The van der Waals surface area contributed by atoms with Gasteiger partial charge in [-0.3, -0.25) is 19.9 Å². The van der Waals surface area contributed by atoms with Gasteiger partial charge in [-0.1, -0.05) is 60.7 Å². The second-order valence-corrected chi connectivity index (χ2v) is 16.8. The van der Waals surface area contributed by atoms with E-state index in [4.69, 9.17) is 9.97 Å². The molecule has 1 aliphatic rings. The first-order valence-corrected chi connectivity index (χ1v) is 21.3. The zero-order valence-corrected chi connectivity index (χ0v) is 34.3. The molecular formula is C56H38N6. The van der Waals surface area contributed by atoms with Crippen LogP contribution in [0.4, 0.5) is 0 Å². The molecule has 0 N–H and O–H groups in total. The summed E-state index contributed by atoms with van der Waals surface area (Å²) in [4.78, 5) is 19.1. The highest BCUT2D eigenvalue weighted by molar-refractivity contribution is 6.15. The summed E-state index contributed by atoms with van der Waals surface area (Å²) in [6.07, 6.45) is 13.5. The third kappa shape index (κ3) is 5.10. The smallest absolute Gasteiger partial charge is 0.0780 e. The van der Waals surface area contributed by atoms with Crippen LogP contribution in [0.15, 0.2) is 171 Å². The number of aryl methyl sites for hydroxylation is 4. The number of benzene rings is 6. The molecule has 6 heteroatoms. The molecule has 6 nitrogen and oxygen atoms in total. The SMILES string of the molecule is Cc1ccncc1-n1c2ccc(-c3nccc4ccccc34)cc2c2cc3c(cc21)-c1cc2c(cc1CC3)c1cc(-c3nccc4ccccc34)ccc1n2-c1cnccc1C. The first kappa shape index (κ1) is 34.9. The third-order valence-electron chi connectivity index (χ3n) is 13.3. The molecular weight excluding hydrogens is 757 g/mol. The molecule has 0 amide bonds. The highest BCUT2D eigenvalue weighted by Crippen LogP contribution is 2.45. The lowest BCUT2D eigenvalue weighted by Crippen LogP contribution is -2.05. The van der Waals surface area contributed by atoms with Crippen molar-refractivity contribution in [1.29, 1.82) is 0 Å². The Morgan fingerprint density at radius 1 is 0.403 bits per heavy atom. The molecule has 292 valence electrons. The average Bonchev–Trinajstić information content (AvgIpc) is 3.80. The third-order valence-corrected chi connectivity index (χ3v) is 13.3. The first-order chi connectivity index (χ1) is 30.6. The van der Waals surface area contributed by atoms with E-state index < -0.39 is 0 Å². The number of aromatic nitrogens is 6. The summed E-state index contributed by atoms with van der Waals surface area (Å²) in [7, 11) is 0. The van der Waals surface area contributed by atoms with Gasteiger partial charge < -0.3 is 9.13 Å². The van der Waals surface area contributed by atoms with Gasteiger partial charge in [0.05, 0.1) is 57.2 Å². The van der Waals surface area contributed by atoms with Crippen molar-refractivity contribution in [3.8, 4) is 45.0 Å². The van der Waals surface area contributed by atoms with E-state index in [0.717, 1.165) is 68.5 Å². The van der Waals surface area contributed by atoms with Crippen molar-refractivity contribution in [2.24, 2.45) is 0 Å². The van der Waals surface area contributed by atoms with Crippen LogP contribution in [-0.4, -0.2) is 29.1 Å². The van der Waals surface area contributed by atoms with E-state index in [0.29, 0.717) is 0 Å². The van der Waals surface area contributed by atoms with Crippen molar-refractivity contribution in [3.63, 3.8) is 0 Å². The fourth-order valence-electron chi connectivity index (χ4n) is 10.3. The summed E-state index contributed by atoms with van der Waals surface area (Å²) < 4.78 is 4.83. The van der Waals surface area contributed by atoms with E-state index in [-0.39, 0.29) is 0 Å². The zero-order valence-electron chi connectivity index (χ0n) is 34.3. The first-order valence-electron chi connectivity index (χ1n) is 21.3. The maximum Gasteiger partial charge on any atom is 0.0780 e. The van der Waals surface area contributed by atoms with Gasteiger partial charge in [-0.05, 0) is 144 Å². The maximum absolute atomic E-state index is 4.92. The second kappa shape index (κ2) is 13.3. The molecule has 1 aliphatic carbocycles. The van der Waals surface area contributed by atoms with E-state index in [2.05, 4.69) is 166 Å². The van der Waals surface area contributed by atoms with Gasteiger partial charge in [0.1, 0.15) is 0 Å². The maximum atomic E-state index is 4.92. The van der Waals surface area contributed by atoms with Crippen molar-refractivity contribution in [3.05, 3.63) is 193 Å². The summed E-state index contributed by atoms with van der Waals surface area (Å²) in [5.41, 5.74) is 18.7. The van der Waals surface area contributed by atoms with Gasteiger partial charge in [0.25, 0.3) is 0 Å². The van der Waals surface area contributed by atoms with E-state index in [1.54, 1.807) is 0 Å². The van der Waals surface area contributed by atoms with Gasteiger partial charge in [-0.15, -0.1) is 0 Å². The lowest BCUT2D eigenvalue weighted by atomic mass is 9.84. The van der Waals surface area contributed by atoms with Gasteiger partial charge in [0.2, 0.25) is 0 Å². The largest absolute Gasteiger partial charge is 0.307 e. The number of hydrogen-bond donors (Lipinski definition) is 0. The molecule has 0 fully saturated rings. The van der Waals surface area contributed by atoms with E-state index >= 15 is 0 Å². The van der Waals surface area contributed by atoms with Gasteiger partial charge >= 0.3 is 0 Å². The topological polar surface area (TPSA) is 61.4 Å². The molecule has 62 heavy (non-hydrogen) atoms. The van der Waals surface area contributed by atoms with Gasteiger partial charge in [-0.25, -0.2) is 0 Å². The minimum Gasteiger partial charge on any atom is -0.307 e. The Hall–Kier alpha value is -7.96. The number of fused-ring (bicyclic) bond motifs is 11. The highest BCUT2D eigenvalue weighted by Gasteiger charge is 2.25. The highest BCUT2D eigenvalue weighted by atomic mass is 15.0. The van der Waals surface area contributed by atoms with Crippen molar-refractivity contribution < 1.29 is 0 Å². The molecule has 6 aromatic carbocycles. The quantitative estimate of drug-likeness (QED) is 0.178. The van der Waals surface area contributed by atoms with Crippen LogP contribution < -0.4 is 0 Å². The molecule has 0 bridgehead atoms. The molecule has 12 aromatic rings. The second-order valence-electron chi connectivity index (χ2n) is 16.8. The Morgan fingerprint density at radius 3 is 1.32 bits per heavy atom. The molecule has 0 saturated carbocycles. The predicted octanol–water partition coefficient (Wildman–Crippen LogP) is 13.5. The molecule has 6 aromatic heterocycles. The van der Waals surface area contributed by atoms with Crippen molar-refractivity contribution in [2.45, 2.75) is 26.7 Å². The monoisotopic (exact) mass is 794 g/mol. The summed E-state index contributed by atoms with van der Waals surface area (Å²) in [5.74, 6) is 0. The van der Waals surface area contributed by atoms with Crippen molar-refractivity contribution >= 4 is 65.2 Å². The standard InChI is InChI=1S/C56H38N6/c1-33-17-21-57-31-53(33)61-49-15-13-39(55-41-9-5-3-7-35(41)19-23-59-55)27-45(49)47-25-37-11-12-38-26-48-46-28-40(56-42-10-6-4-8-36(42)20-24-60-56)14-16-50(46)62(54-32-58-22-18-34(54)2)52(48)30-44(38)43(37)29-51(47)61/h3-10,13-32H,11-12H2,1-2H3. The van der Waals surface area contributed by atoms with Crippen LogP contribution in [0.1, 0.15) is 22.3 Å². The Bertz CT molecular complexity index is 3590. The molecule has 0 saturated heterocycles. The van der Waals surface area contributed by atoms with Crippen LogP contribution in [0.3, 0.4) is 0 Å². The van der Waals surface area contributed by atoms with Crippen molar-refractivity contribution in [1.82, 2.24) is 29.1 Å². The number of pyridine rings is 4. The summed E-state index contributed by atoms with van der Waals surface area (Å²) in [6.45, 7) is 4.35. The number of nitrogens with zero attached hydrogens (tertiary/aromatic N) is 6. The van der Waals surface area contributed by atoms with E-state index in [9.17, 15) is 0 Å². The van der Waals surface area contributed by atoms with Crippen LogP contribution >= 0.6 is 0 Å². The van der Waals surface area contributed by atoms with Crippen LogP contribution in [0.5, 0.6) is 0 Å². The van der Waals surface area contributed by atoms with Crippen molar-refractivity contribution in [2.75, 3.05) is 0 Å². The van der Waals surface area contributed by atoms with Gasteiger partial charge in [0, 0.05) is 68.2 Å². The molecule has 0 atom stereocenters. The minimum atomic E-state index is 0.957. The molecule has 13 rings (SSSR count). The zero-order chi connectivity index (χ0) is 41.1. The van der Waals surface area contributed by atoms with Crippen LogP contribution in [0.2, 0.25) is 0 Å². The predicted molar refractivity (Wildman–Crippen MR) is 255 cm³/mol. The summed E-state index contributed by atoms with van der Waals surface area (Å²) in [6, 6.07) is 48.9. The van der Waals surface area contributed by atoms with Gasteiger partial charge in [-0.2, -0.15) is 0 Å². The fraction of sp³-hybridized carbons (Fsp3) is 0.0714. The van der Waals surface area contributed by atoms with Crippen LogP contribution in [-0.2, 0) is 12.8 Å². The molecule has 0 unspecified atom stereocenters. The summed E-state index contributed by atoms with van der Waals surface area (Å²) in [5, 5.41) is 9.59. The van der Waals surface area contributed by atoms with Crippen LogP contribution in [0, 0.1) is 13.8 Å². The lowest BCUT2D eigenvalue weighted by Gasteiger charge is -2.22. The Labute approximate surface area is 357 Å². The Balaban J connectivity index is 1.07. The van der Waals surface area contributed by atoms with Gasteiger partial charge in [0.15, 0.2) is 0 Å². The number of hydrogen-bond acceptors (Lipinski definition) is 4. The minimum absolute atomic E-state index is 0.957. The van der Waals surface area contributed by atoms with Crippen LogP contribution in [0.25, 0.3) is 110 Å². The molecule has 0 radical (unpaired) electrons. The molecule has 6 heterocycles. The normalized spacial score (nSPS) is 12.5. The summed E-state index contributed by atoms with van der Waals surface area (Å²) >= 11 is 0. The van der Waals surface area contributed by atoms with E-state index in [1.165, 1.54) is 76.7 Å². The number of rotatable bonds is 4. The molecule has 0 spiro atoms. The molecule has 0 aliphatic heterocycles. The lowest BCUT2D eigenvalue weighted by molar-refractivity contribution is 0.945.